The fourth-order valence-electron chi connectivity index (χ4n) is 13.2. The van der Waals surface area contributed by atoms with E-state index in [0.717, 1.165) is 12.1 Å². The summed E-state index contributed by atoms with van der Waals surface area (Å²) in [6.07, 6.45) is 13.1. The molecule has 0 radical (unpaired) electrons. The first kappa shape index (κ1) is 43.8. The van der Waals surface area contributed by atoms with Crippen LogP contribution in [-0.2, 0) is 5.41 Å². The van der Waals surface area contributed by atoms with Gasteiger partial charge in [-0.25, -0.2) is 0 Å². The van der Waals surface area contributed by atoms with E-state index in [2.05, 4.69) is 295 Å². The van der Waals surface area contributed by atoms with Gasteiger partial charge < -0.3 is 9.47 Å². The number of nitrogens with zero attached hydrogens (tertiary/aromatic N) is 2. The van der Waals surface area contributed by atoms with Crippen LogP contribution in [-0.4, -0.2) is 10.6 Å². The molecule has 1 heterocycles. The van der Waals surface area contributed by atoms with E-state index in [-0.39, 0.29) is 17.9 Å². The molecule has 3 atom stereocenters. The average Bonchev–Trinajstić information content (AvgIpc) is 4.04. The number of fused-ring (bicyclic) bond motifs is 7. The van der Waals surface area contributed by atoms with Gasteiger partial charge in [-0.2, -0.15) is 0 Å². The van der Waals surface area contributed by atoms with Crippen molar-refractivity contribution in [1.29, 1.82) is 0 Å². The third-order valence-corrected chi connectivity index (χ3v) is 16.3. The standard InChI is InChI=1S/C72H54N2/c1-49-47-52(53-43-45-59-58-33-14-17-38-63(58)72(64(59)48-53,54-27-8-3-9-28-54)55-29-10-4-11-30-55)44-46-65(49)74(69-42-22-41-68-71(69)62-35-16-19-40-67(62)73(68)56-31-12-5-13-32-56)66-39-18-15-34-60(66)61-37-21-26-51-25-20-36-57(70(51)61)50-23-6-2-7-24-50/h2-35,37-49,57,65H,36H2,1H3. The molecule has 0 spiro atoms. The van der Waals surface area contributed by atoms with Crippen LogP contribution in [0, 0.1) is 5.92 Å². The minimum atomic E-state index is -0.471. The Balaban J connectivity index is 0.958. The Kier molecular flexibility index (Phi) is 10.6. The van der Waals surface area contributed by atoms with Crippen LogP contribution in [0.15, 0.2) is 273 Å². The minimum absolute atomic E-state index is 0.0277. The summed E-state index contributed by atoms with van der Waals surface area (Å²) in [5, 5.41) is 2.48. The van der Waals surface area contributed by atoms with Crippen LogP contribution in [0.4, 0.5) is 11.4 Å². The van der Waals surface area contributed by atoms with Gasteiger partial charge in [0.05, 0.1) is 28.2 Å². The Hall–Kier alpha value is -8.98. The zero-order valence-electron chi connectivity index (χ0n) is 41.4. The van der Waals surface area contributed by atoms with Crippen molar-refractivity contribution in [3.05, 3.63) is 318 Å². The summed E-state index contributed by atoms with van der Waals surface area (Å²) in [6.45, 7) is 2.42. The van der Waals surface area contributed by atoms with Crippen LogP contribution in [0.5, 0.6) is 0 Å². The van der Waals surface area contributed by atoms with Crippen LogP contribution in [0.2, 0.25) is 0 Å². The fraction of sp³-hybridized carbons (Fsp3) is 0.0833. The van der Waals surface area contributed by atoms with Crippen molar-refractivity contribution in [3.8, 4) is 27.9 Å². The number of hydrogen-bond donors (Lipinski definition) is 0. The van der Waals surface area contributed by atoms with Crippen molar-refractivity contribution < 1.29 is 0 Å². The first-order valence-corrected chi connectivity index (χ1v) is 26.2. The highest BCUT2D eigenvalue weighted by atomic mass is 15.2. The van der Waals surface area contributed by atoms with Crippen LogP contribution in [0.3, 0.4) is 0 Å². The van der Waals surface area contributed by atoms with E-state index < -0.39 is 5.41 Å². The van der Waals surface area contributed by atoms with Crippen molar-refractivity contribution in [2.75, 3.05) is 4.90 Å². The molecule has 10 aromatic carbocycles. The largest absolute Gasteiger partial charge is 0.333 e. The zero-order valence-corrected chi connectivity index (χ0v) is 41.4. The Morgan fingerprint density at radius 2 is 1.09 bits per heavy atom. The molecule has 2 nitrogen and oxygen atoms in total. The molecule has 14 rings (SSSR count). The van der Waals surface area contributed by atoms with Gasteiger partial charge in [0, 0.05) is 33.6 Å². The summed E-state index contributed by atoms with van der Waals surface area (Å²) in [7, 11) is 0. The maximum atomic E-state index is 2.68. The van der Waals surface area contributed by atoms with E-state index in [9.17, 15) is 0 Å². The summed E-state index contributed by atoms with van der Waals surface area (Å²) >= 11 is 0. The quantitative estimate of drug-likeness (QED) is 0.140. The SMILES string of the molecule is CC1C=C(c2ccc3c(c2)C(c2ccccc2)(c2ccccc2)c2ccccc2-3)C=CC1N(c1ccccc1-c1cccc2c1C(c1ccccc1)CC=C2)c1cccc2c1c1ccccc1n2-c1ccccc1. The molecule has 0 saturated carbocycles. The minimum Gasteiger partial charge on any atom is -0.333 e. The van der Waals surface area contributed by atoms with E-state index in [4.69, 9.17) is 0 Å². The second-order valence-corrected chi connectivity index (χ2v) is 20.3. The molecule has 1 aromatic heterocycles. The van der Waals surface area contributed by atoms with Crippen LogP contribution in [0.25, 0.3) is 61.4 Å². The van der Waals surface area contributed by atoms with Gasteiger partial charge in [-0.05, 0) is 122 Å². The number of anilines is 2. The molecule has 0 bridgehead atoms. The monoisotopic (exact) mass is 946 g/mol. The average molecular weight is 947 g/mol. The molecule has 3 aliphatic carbocycles. The lowest BCUT2D eigenvalue weighted by Gasteiger charge is -2.39. The van der Waals surface area contributed by atoms with Gasteiger partial charge in [0.25, 0.3) is 0 Å². The molecule has 3 unspecified atom stereocenters. The summed E-state index contributed by atoms with van der Waals surface area (Å²) in [4.78, 5) is 2.68. The van der Waals surface area contributed by atoms with E-state index in [0.29, 0.717) is 0 Å². The normalized spacial score (nSPS) is 17.1. The molecule has 2 heteroatoms. The highest BCUT2D eigenvalue weighted by molar-refractivity contribution is 6.16. The van der Waals surface area contributed by atoms with Crippen molar-refractivity contribution in [2.45, 2.75) is 30.7 Å². The molecule has 74 heavy (non-hydrogen) atoms. The molecule has 0 amide bonds. The fourth-order valence-corrected chi connectivity index (χ4v) is 13.2. The second-order valence-electron chi connectivity index (χ2n) is 20.3. The second kappa shape index (κ2) is 17.9. The number of benzene rings is 10. The highest BCUT2D eigenvalue weighted by Crippen LogP contribution is 2.57. The molecular formula is C72H54N2. The number of rotatable bonds is 9. The number of allylic oxidation sites excluding steroid dienone is 3. The van der Waals surface area contributed by atoms with Gasteiger partial charge in [-0.1, -0.05) is 244 Å². The smallest absolute Gasteiger partial charge is 0.0713 e. The van der Waals surface area contributed by atoms with Crippen molar-refractivity contribution in [1.82, 2.24) is 4.57 Å². The lowest BCUT2D eigenvalue weighted by Crippen LogP contribution is -2.36. The molecule has 0 aliphatic heterocycles. The van der Waals surface area contributed by atoms with Gasteiger partial charge in [-0.3, -0.25) is 0 Å². The maximum Gasteiger partial charge on any atom is 0.0713 e. The van der Waals surface area contributed by atoms with Gasteiger partial charge >= 0.3 is 0 Å². The highest BCUT2D eigenvalue weighted by Gasteiger charge is 2.46. The summed E-state index contributed by atoms with van der Waals surface area (Å²) in [5.41, 5.74) is 22.2. The third kappa shape index (κ3) is 6.86. The molecule has 0 fully saturated rings. The van der Waals surface area contributed by atoms with Crippen LogP contribution in [0.1, 0.15) is 63.8 Å². The lowest BCUT2D eigenvalue weighted by molar-refractivity contribution is 0.613. The van der Waals surface area contributed by atoms with Crippen LogP contribution < -0.4 is 4.90 Å². The Labute approximate surface area is 434 Å². The zero-order chi connectivity index (χ0) is 49.2. The van der Waals surface area contributed by atoms with Crippen molar-refractivity contribution >= 4 is 44.8 Å². The molecule has 0 saturated heterocycles. The number of hydrogen-bond acceptors (Lipinski definition) is 1. The van der Waals surface area contributed by atoms with E-state index in [1.165, 1.54) is 106 Å². The van der Waals surface area contributed by atoms with Gasteiger partial charge in [-0.15, -0.1) is 0 Å². The van der Waals surface area contributed by atoms with Crippen molar-refractivity contribution in [3.63, 3.8) is 0 Å². The third-order valence-electron chi connectivity index (χ3n) is 16.3. The Morgan fingerprint density at radius 1 is 0.486 bits per heavy atom. The first-order chi connectivity index (χ1) is 36.7. The first-order valence-electron chi connectivity index (χ1n) is 26.2. The predicted molar refractivity (Wildman–Crippen MR) is 311 cm³/mol. The topological polar surface area (TPSA) is 8.17 Å². The Morgan fingerprint density at radius 3 is 1.86 bits per heavy atom. The maximum absolute atomic E-state index is 2.68. The van der Waals surface area contributed by atoms with Gasteiger partial charge in [0.15, 0.2) is 0 Å². The predicted octanol–water partition coefficient (Wildman–Crippen LogP) is 18.2. The summed E-state index contributed by atoms with van der Waals surface area (Å²) in [5.74, 6) is 0.353. The summed E-state index contributed by atoms with van der Waals surface area (Å²) in [6, 6.07) is 92.4. The van der Waals surface area contributed by atoms with Gasteiger partial charge in [0.1, 0.15) is 0 Å². The van der Waals surface area contributed by atoms with E-state index in [1.54, 1.807) is 0 Å². The number of aromatic nitrogens is 1. The lowest BCUT2D eigenvalue weighted by atomic mass is 9.67. The van der Waals surface area contributed by atoms with E-state index >= 15 is 0 Å². The Bertz CT molecular complexity index is 3970. The molecule has 352 valence electrons. The van der Waals surface area contributed by atoms with Gasteiger partial charge in [0.2, 0.25) is 0 Å². The van der Waals surface area contributed by atoms with Crippen molar-refractivity contribution in [2.24, 2.45) is 5.92 Å². The van der Waals surface area contributed by atoms with E-state index in [1.807, 2.05) is 0 Å². The summed E-state index contributed by atoms with van der Waals surface area (Å²) < 4.78 is 2.44. The molecule has 11 aromatic rings. The molecule has 3 aliphatic rings. The molecular weight excluding hydrogens is 893 g/mol. The van der Waals surface area contributed by atoms with Crippen LogP contribution >= 0.6 is 0 Å². The number of para-hydroxylation sites is 3. The molecule has 0 N–H and O–H groups in total.